The summed E-state index contributed by atoms with van der Waals surface area (Å²) in [6.07, 6.45) is -0.0793. The first-order valence-electron chi connectivity index (χ1n) is 16.1. The SMILES string of the molecule is C=C(C)C(=O)OCCCCOC(=O)Oc1ccc(C(=O)Oc2ccc(OC(=O)c3ccc(OC(=O)OCCCCOC(=O)C(=C)Cl)cc3)c(C)c2)cc1. The van der Waals surface area contributed by atoms with Crippen LogP contribution in [0.3, 0.4) is 0 Å². The van der Waals surface area contributed by atoms with Crippen LogP contribution in [0.1, 0.15) is 58.9 Å². The van der Waals surface area contributed by atoms with Crippen molar-refractivity contribution in [2.75, 3.05) is 26.4 Å². The summed E-state index contributed by atoms with van der Waals surface area (Å²) in [7, 11) is 0. The van der Waals surface area contributed by atoms with Crippen molar-refractivity contribution in [1.82, 2.24) is 0 Å². The van der Waals surface area contributed by atoms with E-state index in [1.54, 1.807) is 13.8 Å². The first kappa shape index (κ1) is 41.3. The molecule has 0 aliphatic heterocycles. The van der Waals surface area contributed by atoms with Crippen molar-refractivity contribution in [3.8, 4) is 23.0 Å². The number of carbonyl (C=O) groups excluding carboxylic acids is 6. The summed E-state index contributed by atoms with van der Waals surface area (Å²) in [6, 6.07) is 15.7. The number of carbonyl (C=O) groups is 6. The number of hydrogen-bond donors (Lipinski definition) is 0. The Morgan fingerprint density at radius 3 is 1.40 bits per heavy atom. The van der Waals surface area contributed by atoms with Crippen molar-refractivity contribution < 1.29 is 66.7 Å². The van der Waals surface area contributed by atoms with E-state index in [1.807, 2.05) is 0 Å². The Labute approximate surface area is 310 Å². The number of halogens is 1. The minimum atomic E-state index is -0.947. The van der Waals surface area contributed by atoms with Crippen LogP contribution in [0.4, 0.5) is 9.59 Å². The van der Waals surface area contributed by atoms with Crippen LogP contribution in [0.2, 0.25) is 0 Å². The van der Waals surface area contributed by atoms with Gasteiger partial charge in [0.15, 0.2) is 0 Å². The van der Waals surface area contributed by atoms with Crippen molar-refractivity contribution in [1.29, 1.82) is 0 Å². The molecule has 0 spiro atoms. The molecule has 0 amide bonds. The van der Waals surface area contributed by atoms with Gasteiger partial charge in [0.1, 0.15) is 28.0 Å². The van der Waals surface area contributed by atoms with Crippen LogP contribution in [0.5, 0.6) is 23.0 Å². The predicted molar refractivity (Wildman–Crippen MR) is 188 cm³/mol. The number of benzene rings is 3. The second-order valence-electron chi connectivity index (χ2n) is 11.0. The first-order chi connectivity index (χ1) is 25.3. The third-order valence-corrected chi connectivity index (χ3v) is 6.85. The fourth-order valence-electron chi connectivity index (χ4n) is 3.94. The van der Waals surface area contributed by atoms with E-state index in [-0.39, 0.29) is 65.6 Å². The highest BCUT2D eigenvalue weighted by Crippen LogP contribution is 2.26. The van der Waals surface area contributed by atoms with E-state index in [0.29, 0.717) is 36.8 Å². The molecule has 14 nitrogen and oxygen atoms in total. The zero-order chi connectivity index (χ0) is 38.8. The monoisotopic (exact) mass is 752 g/mol. The summed E-state index contributed by atoms with van der Waals surface area (Å²) in [4.78, 5) is 71.8. The van der Waals surface area contributed by atoms with E-state index in [1.165, 1.54) is 66.7 Å². The molecule has 0 aliphatic carbocycles. The largest absolute Gasteiger partial charge is 0.513 e. The molecule has 0 aromatic heterocycles. The van der Waals surface area contributed by atoms with Gasteiger partial charge in [-0.1, -0.05) is 24.8 Å². The smallest absolute Gasteiger partial charge is 0.462 e. The second kappa shape index (κ2) is 21.3. The Morgan fingerprint density at radius 2 is 0.962 bits per heavy atom. The molecule has 0 saturated heterocycles. The fourth-order valence-corrected chi connectivity index (χ4v) is 4.00. The fraction of sp³-hybridized carbons (Fsp3) is 0.263. The van der Waals surface area contributed by atoms with Crippen molar-refractivity contribution >= 4 is 47.8 Å². The van der Waals surface area contributed by atoms with Crippen LogP contribution in [-0.4, -0.2) is 62.6 Å². The van der Waals surface area contributed by atoms with Gasteiger partial charge in [-0.2, -0.15) is 0 Å². The molecule has 0 atom stereocenters. The van der Waals surface area contributed by atoms with Crippen molar-refractivity contribution in [2.24, 2.45) is 0 Å². The van der Waals surface area contributed by atoms with E-state index in [4.69, 9.17) is 49.5 Å². The molecule has 53 heavy (non-hydrogen) atoms. The van der Waals surface area contributed by atoms with Gasteiger partial charge in [-0.25, -0.2) is 28.8 Å². The zero-order valence-electron chi connectivity index (χ0n) is 29.0. The molecule has 15 heteroatoms. The average Bonchev–Trinajstić information content (AvgIpc) is 3.12. The van der Waals surface area contributed by atoms with Gasteiger partial charge in [0, 0.05) is 5.57 Å². The normalized spacial score (nSPS) is 10.2. The highest BCUT2D eigenvalue weighted by atomic mass is 35.5. The lowest BCUT2D eigenvalue weighted by Gasteiger charge is -2.11. The van der Waals surface area contributed by atoms with Crippen LogP contribution in [0.15, 0.2) is 90.5 Å². The molecular formula is C38H37ClO14. The Hall–Kier alpha value is -6.15. The van der Waals surface area contributed by atoms with Gasteiger partial charge >= 0.3 is 36.2 Å². The zero-order valence-corrected chi connectivity index (χ0v) is 29.8. The number of aryl methyl sites for hydroxylation is 1. The molecule has 0 N–H and O–H groups in total. The van der Waals surface area contributed by atoms with Crippen LogP contribution in [-0.2, 0) is 28.5 Å². The van der Waals surface area contributed by atoms with Crippen LogP contribution in [0, 0.1) is 6.92 Å². The van der Waals surface area contributed by atoms with E-state index in [9.17, 15) is 28.8 Å². The highest BCUT2D eigenvalue weighted by Gasteiger charge is 2.15. The van der Waals surface area contributed by atoms with Gasteiger partial charge in [-0.05, 0) is 112 Å². The lowest BCUT2D eigenvalue weighted by atomic mass is 10.2. The summed E-state index contributed by atoms with van der Waals surface area (Å²) in [5.74, 6) is -1.86. The van der Waals surface area contributed by atoms with Crippen molar-refractivity contribution in [2.45, 2.75) is 39.5 Å². The first-order valence-corrected chi connectivity index (χ1v) is 16.5. The molecule has 0 heterocycles. The molecule has 280 valence electrons. The van der Waals surface area contributed by atoms with Gasteiger partial charge in [0.2, 0.25) is 0 Å². The average molecular weight is 753 g/mol. The molecular weight excluding hydrogens is 716 g/mol. The molecule has 0 fully saturated rings. The second-order valence-corrected chi connectivity index (χ2v) is 11.5. The lowest BCUT2D eigenvalue weighted by Crippen LogP contribution is -2.13. The number of hydrogen-bond acceptors (Lipinski definition) is 14. The molecule has 0 saturated carbocycles. The van der Waals surface area contributed by atoms with E-state index >= 15 is 0 Å². The Balaban J connectivity index is 1.39. The maximum atomic E-state index is 12.7. The van der Waals surface area contributed by atoms with Gasteiger partial charge in [0.05, 0.1) is 37.6 Å². The number of ether oxygens (including phenoxy) is 8. The Bertz CT molecular complexity index is 1800. The molecule has 0 unspecified atom stereocenters. The van der Waals surface area contributed by atoms with Gasteiger partial charge in [-0.15, -0.1) is 0 Å². The summed E-state index contributed by atoms with van der Waals surface area (Å²) in [6.45, 7) is 10.3. The highest BCUT2D eigenvalue weighted by molar-refractivity contribution is 6.40. The summed E-state index contributed by atoms with van der Waals surface area (Å²) in [5, 5.41) is -0.223. The summed E-state index contributed by atoms with van der Waals surface area (Å²) >= 11 is 5.41. The topological polar surface area (TPSA) is 176 Å². The molecule has 3 aromatic rings. The third kappa shape index (κ3) is 14.9. The van der Waals surface area contributed by atoms with Crippen molar-refractivity contribution in [3.05, 3.63) is 107 Å². The Kier molecular flexibility index (Phi) is 16.6. The van der Waals surface area contributed by atoms with Gasteiger partial charge in [-0.3, -0.25) is 0 Å². The van der Waals surface area contributed by atoms with Gasteiger partial charge < -0.3 is 37.9 Å². The standard InChI is InChI=1S/C38H37ClO14/c1-24(2)33(40)46-19-5-7-21-48-37(44)51-29-13-9-27(10-14-29)35(42)50-31-17-18-32(25(3)23-31)53-36(43)28-11-15-30(16-12-28)52-38(45)49-22-8-6-20-47-34(41)26(4)39/h9-18,23H,1,4-8,19-22H2,2-3H3. The molecule has 0 aliphatic rings. The van der Waals surface area contributed by atoms with E-state index in [0.717, 1.165) is 0 Å². The number of esters is 4. The molecule has 3 aromatic carbocycles. The van der Waals surface area contributed by atoms with E-state index < -0.39 is 36.2 Å². The predicted octanol–water partition coefficient (Wildman–Crippen LogP) is 7.44. The Morgan fingerprint density at radius 1 is 0.547 bits per heavy atom. The van der Waals surface area contributed by atoms with Crippen molar-refractivity contribution in [3.63, 3.8) is 0 Å². The van der Waals surface area contributed by atoms with Crippen LogP contribution >= 0.6 is 11.6 Å². The third-order valence-electron chi connectivity index (χ3n) is 6.70. The van der Waals surface area contributed by atoms with Gasteiger partial charge in [0.25, 0.3) is 0 Å². The number of unbranched alkanes of at least 4 members (excludes halogenated alkanes) is 2. The van der Waals surface area contributed by atoms with Crippen LogP contribution in [0.25, 0.3) is 0 Å². The van der Waals surface area contributed by atoms with Crippen LogP contribution < -0.4 is 18.9 Å². The summed E-state index contributed by atoms with van der Waals surface area (Å²) < 4.78 is 40.9. The molecule has 0 bridgehead atoms. The quantitative estimate of drug-likeness (QED) is 0.0313. The lowest BCUT2D eigenvalue weighted by molar-refractivity contribution is -0.139. The minimum absolute atomic E-state index is 0.0324. The molecule has 0 radical (unpaired) electrons. The maximum absolute atomic E-state index is 12.7. The summed E-state index contributed by atoms with van der Waals surface area (Å²) in [5.41, 5.74) is 1.16. The minimum Gasteiger partial charge on any atom is -0.462 e. The molecule has 3 rings (SSSR count). The van der Waals surface area contributed by atoms with E-state index in [2.05, 4.69) is 13.2 Å². The number of rotatable bonds is 18. The maximum Gasteiger partial charge on any atom is 0.513 e.